The Morgan fingerprint density at radius 2 is 2.16 bits per heavy atom. The maximum atomic E-state index is 14.1. The van der Waals surface area contributed by atoms with Crippen LogP contribution in [-0.2, 0) is 4.79 Å². The topological polar surface area (TPSA) is 40.5 Å². The van der Waals surface area contributed by atoms with Crippen molar-refractivity contribution < 1.29 is 14.3 Å². The van der Waals surface area contributed by atoms with E-state index in [2.05, 4.69) is 6.92 Å². The molecule has 19 heavy (non-hydrogen) atoms. The second-order valence-electron chi connectivity index (χ2n) is 4.67. The second kappa shape index (κ2) is 6.92. The summed E-state index contributed by atoms with van der Waals surface area (Å²) in [6.07, 6.45) is 3.33. The predicted octanol–water partition coefficient (Wildman–Crippen LogP) is 3.55. The van der Waals surface area contributed by atoms with Crippen LogP contribution in [0.2, 0.25) is 0 Å². The molecule has 1 aromatic carbocycles. The molecule has 0 radical (unpaired) electrons. The highest BCUT2D eigenvalue weighted by Crippen LogP contribution is 2.23. The highest BCUT2D eigenvalue weighted by molar-refractivity contribution is 5.85. The molecule has 0 aliphatic heterocycles. The van der Waals surface area contributed by atoms with Crippen molar-refractivity contribution in [1.82, 2.24) is 0 Å². The van der Waals surface area contributed by atoms with Gasteiger partial charge in [-0.25, -0.2) is 9.18 Å². The molecule has 1 rings (SSSR count). The van der Waals surface area contributed by atoms with Crippen molar-refractivity contribution in [3.05, 3.63) is 35.7 Å². The van der Waals surface area contributed by atoms with E-state index in [9.17, 15) is 9.18 Å². The van der Waals surface area contributed by atoms with E-state index in [1.165, 1.54) is 12.1 Å². The molecular formula is C15H20FNO2. The lowest BCUT2D eigenvalue weighted by atomic mass is 10.1. The minimum atomic E-state index is -1.04. The third kappa shape index (κ3) is 4.39. The van der Waals surface area contributed by atoms with Crippen molar-refractivity contribution in [3.63, 3.8) is 0 Å². The number of carbonyl (C=O) groups is 1. The number of hydrogen-bond acceptors (Lipinski definition) is 2. The van der Waals surface area contributed by atoms with Gasteiger partial charge in [-0.3, -0.25) is 0 Å². The van der Waals surface area contributed by atoms with Gasteiger partial charge in [0.05, 0.1) is 5.69 Å². The van der Waals surface area contributed by atoms with E-state index in [1.54, 1.807) is 12.1 Å². The van der Waals surface area contributed by atoms with Crippen LogP contribution in [0.25, 0.3) is 6.08 Å². The molecule has 0 saturated carbocycles. The number of carboxylic acid groups (broad SMARTS) is 1. The van der Waals surface area contributed by atoms with Crippen molar-refractivity contribution in [1.29, 1.82) is 0 Å². The number of carboxylic acids is 1. The fourth-order valence-electron chi connectivity index (χ4n) is 1.92. The molecule has 0 amide bonds. The van der Waals surface area contributed by atoms with Crippen LogP contribution in [0, 0.1) is 5.82 Å². The molecule has 1 aromatic rings. The Morgan fingerprint density at radius 3 is 2.63 bits per heavy atom. The SMILES string of the molecule is CCCN(c1ccc(/C=C/C(=O)O)cc1F)C(C)C. The van der Waals surface area contributed by atoms with Crippen LogP contribution in [0.3, 0.4) is 0 Å². The van der Waals surface area contributed by atoms with Gasteiger partial charge in [0.1, 0.15) is 5.82 Å². The number of aliphatic carboxylic acids is 1. The van der Waals surface area contributed by atoms with Gasteiger partial charge in [0, 0.05) is 18.7 Å². The number of anilines is 1. The standard InChI is InChI=1S/C15H20FNO2/c1-4-9-17(11(2)3)14-7-5-12(10-13(14)16)6-8-15(18)19/h5-8,10-11H,4,9H2,1-3H3,(H,18,19)/b8-6+. The minimum Gasteiger partial charge on any atom is -0.478 e. The Hall–Kier alpha value is -1.84. The van der Waals surface area contributed by atoms with Gasteiger partial charge in [-0.2, -0.15) is 0 Å². The van der Waals surface area contributed by atoms with Gasteiger partial charge >= 0.3 is 5.97 Å². The van der Waals surface area contributed by atoms with Gasteiger partial charge < -0.3 is 10.0 Å². The first-order chi connectivity index (χ1) is 8.95. The Labute approximate surface area is 113 Å². The zero-order valence-corrected chi connectivity index (χ0v) is 11.6. The van der Waals surface area contributed by atoms with Crippen molar-refractivity contribution in [2.45, 2.75) is 33.2 Å². The van der Waals surface area contributed by atoms with E-state index in [1.807, 2.05) is 18.7 Å². The van der Waals surface area contributed by atoms with E-state index in [4.69, 9.17) is 5.11 Å². The Bertz CT molecular complexity index is 469. The number of rotatable bonds is 6. The number of hydrogen-bond donors (Lipinski definition) is 1. The average molecular weight is 265 g/mol. The fourth-order valence-corrected chi connectivity index (χ4v) is 1.92. The summed E-state index contributed by atoms with van der Waals surface area (Å²) in [5.41, 5.74) is 1.10. The van der Waals surface area contributed by atoms with Crippen LogP contribution in [0.1, 0.15) is 32.8 Å². The quantitative estimate of drug-likeness (QED) is 0.800. The summed E-state index contributed by atoms with van der Waals surface area (Å²) in [6, 6.07) is 5.00. The van der Waals surface area contributed by atoms with Crippen LogP contribution >= 0.6 is 0 Å². The highest BCUT2D eigenvalue weighted by atomic mass is 19.1. The van der Waals surface area contributed by atoms with Gasteiger partial charge in [0.25, 0.3) is 0 Å². The molecular weight excluding hydrogens is 245 g/mol. The maximum absolute atomic E-state index is 14.1. The lowest BCUT2D eigenvalue weighted by molar-refractivity contribution is -0.131. The molecule has 1 N–H and O–H groups in total. The molecule has 0 aromatic heterocycles. The van der Waals surface area contributed by atoms with E-state index in [-0.39, 0.29) is 11.9 Å². The summed E-state index contributed by atoms with van der Waals surface area (Å²) >= 11 is 0. The summed E-state index contributed by atoms with van der Waals surface area (Å²) in [6.45, 7) is 6.89. The van der Waals surface area contributed by atoms with Gasteiger partial charge in [0.15, 0.2) is 0 Å². The lowest BCUT2D eigenvalue weighted by Gasteiger charge is -2.29. The maximum Gasteiger partial charge on any atom is 0.328 e. The molecule has 104 valence electrons. The van der Waals surface area contributed by atoms with Crippen LogP contribution in [-0.4, -0.2) is 23.7 Å². The molecule has 0 heterocycles. The van der Waals surface area contributed by atoms with Crippen LogP contribution in [0.15, 0.2) is 24.3 Å². The van der Waals surface area contributed by atoms with Gasteiger partial charge in [-0.05, 0) is 44.0 Å². The van der Waals surface area contributed by atoms with Gasteiger partial charge in [0.2, 0.25) is 0 Å². The van der Waals surface area contributed by atoms with E-state index in [0.717, 1.165) is 19.0 Å². The van der Waals surface area contributed by atoms with Crippen LogP contribution in [0.5, 0.6) is 0 Å². The molecule has 0 aliphatic rings. The summed E-state index contributed by atoms with van der Waals surface area (Å²) < 4.78 is 14.1. The van der Waals surface area contributed by atoms with Crippen LogP contribution in [0.4, 0.5) is 10.1 Å². The largest absolute Gasteiger partial charge is 0.478 e. The molecule has 0 aliphatic carbocycles. The lowest BCUT2D eigenvalue weighted by Crippen LogP contribution is -2.32. The molecule has 0 fully saturated rings. The summed E-state index contributed by atoms with van der Waals surface area (Å²) in [7, 11) is 0. The minimum absolute atomic E-state index is 0.217. The van der Waals surface area contributed by atoms with E-state index in [0.29, 0.717) is 11.3 Å². The van der Waals surface area contributed by atoms with E-state index >= 15 is 0 Å². The molecule has 0 unspecified atom stereocenters. The first-order valence-electron chi connectivity index (χ1n) is 6.43. The van der Waals surface area contributed by atoms with Gasteiger partial charge in [-0.1, -0.05) is 13.0 Å². The Morgan fingerprint density at radius 1 is 1.47 bits per heavy atom. The van der Waals surface area contributed by atoms with Crippen molar-refractivity contribution >= 4 is 17.7 Å². The Kier molecular flexibility index (Phi) is 5.55. The zero-order valence-electron chi connectivity index (χ0n) is 11.6. The number of benzene rings is 1. The summed E-state index contributed by atoms with van der Waals surface area (Å²) in [5.74, 6) is -1.37. The Balaban J connectivity index is 3.01. The molecule has 0 spiro atoms. The third-order valence-electron chi connectivity index (χ3n) is 2.79. The molecule has 0 saturated heterocycles. The molecule has 4 heteroatoms. The van der Waals surface area contributed by atoms with Crippen molar-refractivity contribution in [3.8, 4) is 0 Å². The summed E-state index contributed by atoms with van der Waals surface area (Å²) in [4.78, 5) is 12.4. The monoisotopic (exact) mass is 265 g/mol. The average Bonchev–Trinajstić information content (AvgIpc) is 2.34. The van der Waals surface area contributed by atoms with Gasteiger partial charge in [-0.15, -0.1) is 0 Å². The second-order valence-corrected chi connectivity index (χ2v) is 4.67. The zero-order chi connectivity index (χ0) is 14.4. The number of nitrogens with zero attached hydrogens (tertiary/aromatic N) is 1. The predicted molar refractivity (Wildman–Crippen MR) is 75.8 cm³/mol. The smallest absolute Gasteiger partial charge is 0.328 e. The van der Waals surface area contributed by atoms with Crippen molar-refractivity contribution in [2.24, 2.45) is 0 Å². The third-order valence-corrected chi connectivity index (χ3v) is 2.79. The first-order valence-corrected chi connectivity index (χ1v) is 6.43. The van der Waals surface area contributed by atoms with E-state index < -0.39 is 5.97 Å². The number of halogens is 1. The highest BCUT2D eigenvalue weighted by Gasteiger charge is 2.13. The molecule has 0 bridgehead atoms. The normalized spacial score (nSPS) is 11.2. The van der Waals surface area contributed by atoms with Crippen LogP contribution < -0.4 is 4.90 Å². The fraction of sp³-hybridized carbons (Fsp3) is 0.400. The summed E-state index contributed by atoms with van der Waals surface area (Å²) in [5, 5.41) is 8.54. The molecule has 0 atom stereocenters. The van der Waals surface area contributed by atoms with Crippen molar-refractivity contribution in [2.75, 3.05) is 11.4 Å². The first kappa shape index (κ1) is 15.2. The molecule has 3 nitrogen and oxygen atoms in total.